The van der Waals surface area contributed by atoms with Gasteiger partial charge in [0.25, 0.3) is 0 Å². The second-order valence-corrected chi connectivity index (χ2v) is 16.5. The van der Waals surface area contributed by atoms with Crippen LogP contribution in [0.2, 0.25) is 0 Å². The third kappa shape index (κ3) is 8.94. The summed E-state index contributed by atoms with van der Waals surface area (Å²) in [6, 6.07) is 5.58. The molecule has 2 bridgehead atoms. The highest BCUT2D eigenvalue weighted by atomic mass is 19.1. The maximum absolute atomic E-state index is 17.4. The SMILES string of the molecule is C#Cc1c(F)ccc2cc(OC(=O)OC(COC(=O)CCC)COC(=O)CCC)cc(-c3ncc4c(N5CC6CCC(C5)N6)nc(OC[C@@]56CCCN5C[C@H](F)C6)nc4c3F)c12. The summed E-state index contributed by atoms with van der Waals surface area (Å²) in [5, 5.41) is 4.32. The van der Waals surface area contributed by atoms with Crippen LogP contribution in [0.25, 0.3) is 32.9 Å². The molecule has 4 aliphatic heterocycles. The second kappa shape index (κ2) is 18.3. The third-order valence-electron chi connectivity index (χ3n) is 12.1. The van der Waals surface area contributed by atoms with Crippen LogP contribution < -0.4 is 19.7 Å². The number of hydrogen-bond donors (Lipinski definition) is 1. The fourth-order valence-corrected chi connectivity index (χ4v) is 9.23. The molecule has 0 spiro atoms. The van der Waals surface area contributed by atoms with Crippen LogP contribution in [0.1, 0.15) is 77.2 Å². The first-order valence-electron chi connectivity index (χ1n) is 21.3. The van der Waals surface area contributed by atoms with E-state index < -0.39 is 60.8 Å². The molecule has 8 rings (SSSR count). The number of nitrogens with one attached hydrogen (secondary N) is 1. The van der Waals surface area contributed by atoms with Crippen molar-refractivity contribution >= 4 is 45.6 Å². The topological polar surface area (TPSA) is 155 Å². The van der Waals surface area contributed by atoms with E-state index in [1.807, 2.05) is 0 Å². The monoisotopic (exact) mass is 858 g/mol. The molecule has 2 unspecified atom stereocenters. The normalized spacial score (nSPS) is 21.9. The number of rotatable bonds is 15. The van der Waals surface area contributed by atoms with E-state index in [0.29, 0.717) is 50.1 Å². The lowest BCUT2D eigenvalue weighted by Gasteiger charge is -2.34. The number of ether oxygens (including phenoxy) is 5. The molecule has 0 amide bonds. The standard InChI is InChI=1S/C45H49F3N6O8/c1-4-8-36(55)58-23-31(24-59-37(56)9-5-2)62-44(57)61-30-16-26-10-13-35(47)32(6-3)38(26)33(17-30)40-39(48)41-34(19-49-40)42(53-21-28-11-12-29(22-53)50-28)52-43(51-41)60-25-45-14-7-15-54(45)20-27(46)18-45/h3,10,13,16-17,19,27-29,31,50H,4-5,7-9,11-12,14-15,18,20-25H2,1-2H3/t27-,28?,29?,45+/m1/s1. The molecule has 6 heterocycles. The summed E-state index contributed by atoms with van der Waals surface area (Å²) in [6.45, 7) is 5.22. The van der Waals surface area contributed by atoms with Gasteiger partial charge in [0, 0.05) is 68.1 Å². The number of esters is 2. The summed E-state index contributed by atoms with van der Waals surface area (Å²) < 4.78 is 75.3. The molecular weight excluding hydrogens is 810 g/mol. The Balaban J connectivity index is 1.16. The third-order valence-corrected chi connectivity index (χ3v) is 12.1. The molecule has 62 heavy (non-hydrogen) atoms. The van der Waals surface area contributed by atoms with Gasteiger partial charge < -0.3 is 33.9 Å². The minimum Gasteiger partial charge on any atom is -0.462 e. The van der Waals surface area contributed by atoms with Crippen molar-refractivity contribution in [2.75, 3.05) is 50.9 Å². The Morgan fingerprint density at radius 3 is 2.44 bits per heavy atom. The van der Waals surface area contributed by atoms with Crippen molar-refractivity contribution in [3.8, 4) is 35.4 Å². The van der Waals surface area contributed by atoms with E-state index in [1.54, 1.807) is 13.8 Å². The summed E-state index contributed by atoms with van der Waals surface area (Å²) >= 11 is 0. The predicted molar refractivity (Wildman–Crippen MR) is 221 cm³/mol. The Morgan fingerprint density at radius 1 is 1.02 bits per heavy atom. The fourth-order valence-electron chi connectivity index (χ4n) is 9.23. The molecule has 4 fully saturated rings. The van der Waals surface area contributed by atoms with Gasteiger partial charge in [0.15, 0.2) is 11.9 Å². The van der Waals surface area contributed by atoms with Crippen LogP contribution in [0.4, 0.5) is 23.8 Å². The number of pyridine rings is 1. The maximum Gasteiger partial charge on any atom is 0.514 e. The first kappa shape index (κ1) is 42.9. The Kier molecular flexibility index (Phi) is 12.7. The van der Waals surface area contributed by atoms with Crippen LogP contribution in [0.15, 0.2) is 30.5 Å². The number of alkyl halides is 1. The molecule has 2 aromatic heterocycles. The highest BCUT2D eigenvalue weighted by Gasteiger charge is 2.49. The van der Waals surface area contributed by atoms with Crippen LogP contribution in [0.3, 0.4) is 0 Å². The zero-order valence-electron chi connectivity index (χ0n) is 34.7. The smallest absolute Gasteiger partial charge is 0.462 e. The number of halogens is 3. The lowest BCUT2D eigenvalue weighted by molar-refractivity contribution is -0.153. The first-order valence-corrected chi connectivity index (χ1v) is 21.3. The largest absolute Gasteiger partial charge is 0.514 e. The summed E-state index contributed by atoms with van der Waals surface area (Å²) in [6.07, 6.45) is 9.10. The Labute approximate surface area is 356 Å². The molecule has 0 saturated carbocycles. The van der Waals surface area contributed by atoms with Crippen molar-refractivity contribution in [2.45, 2.75) is 102 Å². The quantitative estimate of drug-likeness (QED) is 0.0593. The van der Waals surface area contributed by atoms with Gasteiger partial charge in [-0.15, -0.1) is 6.42 Å². The maximum atomic E-state index is 17.4. The highest BCUT2D eigenvalue weighted by molar-refractivity contribution is 6.03. The number of aromatic nitrogens is 3. The van der Waals surface area contributed by atoms with Crippen molar-refractivity contribution in [3.05, 3.63) is 47.7 Å². The number of carbonyl (C=O) groups is 3. The van der Waals surface area contributed by atoms with E-state index in [2.05, 4.69) is 31.0 Å². The van der Waals surface area contributed by atoms with Crippen LogP contribution in [0, 0.1) is 24.0 Å². The Hall–Kier alpha value is -5.73. The minimum atomic E-state index is -1.25. The van der Waals surface area contributed by atoms with Gasteiger partial charge in [0.1, 0.15) is 54.6 Å². The fraction of sp³-hybridized carbons (Fsp3) is 0.511. The van der Waals surface area contributed by atoms with Gasteiger partial charge in [-0.25, -0.2) is 18.0 Å². The molecule has 2 aromatic carbocycles. The van der Waals surface area contributed by atoms with Crippen molar-refractivity contribution in [3.63, 3.8) is 0 Å². The Bertz CT molecular complexity index is 2380. The molecule has 328 valence electrons. The van der Waals surface area contributed by atoms with Gasteiger partial charge >= 0.3 is 24.1 Å². The lowest BCUT2D eigenvalue weighted by atomic mass is 9.95. The van der Waals surface area contributed by atoms with E-state index in [9.17, 15) is 18.8 Å². The zero-order chi connectivity index (χ0) is 43.5. The molecule has 17 heteroatoms. The molecule has 4 aliphatic rings. The average Bonchev–Trinajstić information content (AvgIpc) is 3.90. The molecule has 1 N–H and O–H groups in total. The van der Waals surface area contributed by atoms with Gasteiger partial charge in [-0.3, -0.25) is 19.5 Å². The zero-order valence-corrected chi connectivity index (χ0v) is 34.7. The van der Waals surface area contributed by atoms with Crippen LogP contribution >= 0.6 is 0 Å². The number of benzene rings is 2. The number of terminal acetylenes is 1. The van der Waals surface area contributed by atoms with Crippen molar-refractivity contribution in [1.29, 1.82) is 0 Å². The van der Waals surface area contributed by atoms with Crippen LogP contribution in [0.5, 0.6) is 11.8 Å². The minimum absolute atomic E-state index is 0.0148. The molecule has 14 nitrogen and oxygen atoms in total. The molecule has 4 aromatic rings. The second-order valence-electron chi connectivity index (χ2n) is 16.5. The number of hydrogen-bond acceptors (Lipinski definition) is 14. The van der Waals surface area contributed by atoms with Crippen LogP contribution in [-0.4, -0.2) is 114 Å². The first-order chi connectivity index (χ1) is 30.0. The lowest BCUT2D eigenvalue weighted by Crippen LogP contribution is -2.51. The Morgan fingerprint density at radius 2 is 1.74 bits per heavy atom. The molecular formula is C45H49F3N6O8. The van der Waals surface area contributed by atoms with Gasteiger partial charge in [-0.2, -0.15) is 9.97 Å². The van der Waals surface area contributed by atoms with Gasteiger partial charge in [0.05, 0.1) is 16.5 Å². The van der Waals surface area contributed by atoms with E-state index in [0.717, 1.165) is 38.3 Å². The molecule has 0 radical (unpaired) electrons. The summed E-state index contributed by atoms with van der Waals surface area (Å²) in [4.78, 5) is 55.7. The molecule has 4 saturated heterocycles. The number of piperazine rings is 1. The van der Waals surface area contributed by atoms with Crippen LogP contribution in [-0.2, 0) is 23.8 Å². The summed E-state index contributed by atoms with van der Waals surface area (Å²) in [5.41, 5.74) is -1.10. The number of carbonyl (C=O) groups excluding carboxylic acids is 3. The highest BCUT2D eigenvalue weighted by Crippen LogP contribution is 2.42. The number of anilines is 1. The molecule has 4 atom stereocenters. The van der Waals surface area contributed by atoms with Gasteiger partial charge in [0.2, 0.25) is 0 Å². The number of nitrogens with zero attached hydrogens (tertiary/aromatic N) is 5. The van der Waals surface area contributed by atoms with Crippen molar-refractivity contribution in [1.82, 2.24) is 25.2 Å². The van der Waals surface area contributed by atoms with Crippen molar-refractivity contribution < 1.29 is 51.2 Å². The van der Waals surface area contributed by atoms with E-state index >= 15 is 8.78 Å². The van der Waals surface area contributed by atoms with E-state index in [4.69, 9.17) is 35.1 Å². The number of fused-ring (bicyclic) bond motifs is 5. The van der Waals surface area contributed by atoms with Gasteiger partial charge in [-0.1, -0.05) is 25.8 Å². The average molecular weight is 859 g/mol. The van der Waals surface area contributed by atoms with Crippen molar-refractivity contribution in [2.24, 2.45) is 0 Å². The summed E-state index contributed by atoms with van der Waals surface area (Å²) in [7, 11) is 0. The van der Waals surface area contributed by atoms with E-state index in [-0.39, 0.29) is 76.4 Å². The molecule has 0 aliphatic carbocycles. The predicted octanol–water partition coefficient (Wildman–Crippen LogP) is 6.57. The van der Waals surface area contributed by atoms with Gasteiger partial charge in [-0.05, 0) is 68.7 Å². The summed E-state index contributed by atoms with van der Waals surface area (Å²) in [5.74, 6) is -0.0483. The van der Waals surface area contributed by atoms with E-state index in [1.165, 1.54) is 24.4 Å².